The molecule has 0 saturated carbocycles. The van der Waals surface area contributed by atoms with Crippen molar-refractivity contribution in [2.75, 3.05) is 32.1 Å². The Balaban J connectivity index is 2.51. The quantitative estimate of drug-likeness (QED) is 0.644. The lowest BCUT2D eigenvalue weighted by Crippen LogP contribution is -2.32. The second kappa shape index (κ2) is 6.73. The summed E-state index contributed by atoms with van der Waals surface area (Å²) in [5.41, 5.74) is 6.10. The van der Waals surface area contributed by atoms with Crippen molar-refractivity contribution in [3.63, 3.8) is 0 Å². The Bertz CT molecular complexity index is 417. The maximum Gasteiger partial charge on any atom is 0.248 e. The number of hydrogen-bond donors (Lipinski definition) is 3. The number of primary amides is 1. The number of carbonyl (C=O) groups is 2. The fourth-order valence-electron chi connectivity index (χ4n) is 1.41. The van der Waals surface area contributed by atoms with E-state index in [0.717, 1.165) is 0 Å². The Labute approximate surface area is 105 Å². The average molecular weight is 251 g/mol. The standard InChI is InChI=1S/C12H17N3O3/c1-15(6-7-16)8-11(17)14-10-4-2-9(3-5-10)12(13)18/h2-5,16H,6-8H2,1H3,(H2,13,18)(H,14,17). The molecule has 1 aromatic rings. The summed E-state index contributed by atoms with van der Waals surface area (Å²) < 4.78 is 0. The largest absolute Gasteiger partial charge is 0.395 e. The first-order valence-corrected chi connectivity index (χ1v) is 5.52. The molecular weight excluding hydrogens is 234 g/mol. The van der Waals surface area contributed by atoms with Gasteiger partial charge in [0.2, 0.25) is 11.8 Å². The van der Waals surface area contributed by atoms with E-state index in [1.807, 2.05) is 0 Å². The van der Waals surface area contributed by atoms with Crippen LogP contribution in [-0.4, -0.2) is 48.6 Å². The normalized spacial score (nSPS) is 10.4. The molecule has 0 fully saturated rings. The van der Waals surface area contributed by atoms with Crippen molar-refractivity contribution in [2.45, 2.75) is 0 Å². The molecule has 0 spiro atoms. The molecule has 1 aromatic carbocycles. The topological polar surface area (TPSA) is 95.7 Å². The highest BCUT2D eigenvalue weighted by Crippen LogP contribution is 2.08. The number of carbonyl (C=O) groups excluding carboxylic acids is 2. The second-order valence-corrected chi connectivity index (χ2v) is 3.95. The van der Waals surface area contributed by atoms with Gasteiger partial charge in [-0.25, -0.2) is 0 Å². The molecule has 6 nitrogen and oxygen atoms in total. The maximum absolute atomic E-state index is 11.6. The molecule has 0 atom stereocenters. The van der Waals surface area contributed by atoms with Crippen LogP contribution in [0.25, 0.3) is 0 Å². The number of hydrogen-bond acceptors (Lipinski definition) is 4. The molecule has 0 bridgehead atoms. The molecule has 0 saturated heterocycles. The maximum atomic E-state index is 11.6. The van der Waals surface area contributed by atoms with Crippen LogP contribution in [0.2, 0.25) is 0 Å². The van der Waals surface area contributed by atoms with Crippen LogP contribution in [0, 0.1) is 0 Å². The van der Waals surface area contributed by atoms with Crippen molar-refractivity contribution in [3.8, 4) is 0 Å². The zero-order valence-electron chi connectivity index (χ0n) is 10.2. The summed E-state index contributed by atoms with van der Waals surface area (Å²) in [6.07, 6.45) is 0. The van der Waals surface area contributed by atoms with E-state index in [2.05, 4.69) is 5.32 Å². The second-order valence-electron chi connectivity index (χ2n) is 3.95. The molecular formula is C12H17N3O3. The van der Waals surface area contributed by atoms with Crippen molar-refractivity contribution in [1.82, 2.24) is 4.90 Å². The van der Waals surface area contributed by atoms with Gasteiger partial charge in [0.15, 0.2) is 0 Å². The fourth-order valence-corrected chi connectivity index (χ4v) is 1.41. The number of nitrogens with two attached hydrogens (primary N) is 1. The van der Waals surface area contributed by atoms with Gasteiger partial charge in [-0.2, -0.15) is 0 Å². The highest BCUT2D eigenvalue weighted by molar-refractivity contribution is 5.95. The molecule has 0 aliphatic carbocycles. The minimum atomic E-state index is -0.504. The van der Waals surface area contributed by atoms with Crippen LogP contribution >= 0.6 is 0 Å². The molecule has 6 heteroatoms. The smallest absolute Gasteiger partial charge is 0.248 e. The third kappa shape index (κ3) is 4.52. The van der Waals surface area contributed by atoms with E-state index in [1.54, 1.807) is 36.2 Å². The van der Waals surface area contributed by atoms with Crippen molar-refractivity contribution in [3.05, 3.63) is 29.8 Å². The Kier molecular flexibility index (Phi) is 5.29. The number of rotatable bonds is 6. The number of anilines is 1. The van der Waals surface area contributed by atoms with Crippen molar-refractivity contribution in [1.29, 1.82) is 0 Å². The first-order chi connectivity index (χ1) is 8.52. The molecule has 0 radical (unpaired) electrons. The third-order valence-corrected chi connectivity index (χ3v) is 2.35. The molecule has 2 amide bonds. The van der Waals surface area contributed by atoms with Crippen LogP contribution < -0.4 is 11.1 Å². The molecule has 0 aliphatic heterocycles. The monoisotopic (exact) mass is 251 g/mol. The number of aliphatic hydroxyl groups excluding tert-OH is 1. The van der Waals surface area contributed by atoms with Crippen LogP contribution in [0.5, 0.6) is 0 Å². The van der Waals surface area contributed by atoms with Crippen LogP contribution in [0.3, 0.4) is 0 Å². The minimum absolute atomic E-state index is 0.0110. The first-order valence-electron chi connectivity index (χ1n) is 5.52. The highest BCUT2D eigenvalue weighted by Gasteiger charge is 2.06. The summed E-state index contributed by atoms with van der Waals surface area (Å²) >= 11 is 0. The summed E-state index contributed by atoms with van der Waals surface area (Å²) in [6.45, 7) is 0.642. The van der Waals surface area contributed by atoms with Gasteiger partial charge in [-0.3, -0.25) is 14.5 Å². The van der Waals surface area contributed by atoms with E-state index < -0.39 is 5.91 Å². The number of benzene rings is 1. The summed E-state index contributed by atoms with van der Waals surface area (Å²) in [5.74, 6) is -0.687. The Morgan fingerprint density at radius 2 is 1.94 bits per heavy atom. The van der Waals surface area contributed by atoms with Gasteiger partial charge >= 0.3 is 0 Å². The first kappa shape index (κ1) is 14.1. The molecule has 0 unspecified atom stereocenters. The van der Waals surface area contributed by atoms with Crippen LogP contribution in [-0.2, 0) is 4.79 Å². The molecule has 18 heavy (non-hydrogen) atoms. The third-order valence-electron chi connectivity index (χ3n) is 2.35. The van der Waals surface area contributed by atoms with E-state index in [0.29, 0.717) is 17.8 Å². The minimum Gasteiger partial charge on any atom is -0.395 e. The summed E-state index contributed by atoms with van der Waals surface area (Å²) in [5, 5.41) is 11.4. The van der Waals surface area contributed by atoms with Crippen molar-refractivity contribution < 1.29 is 14.7 Å². The van der Waals surface area contributed by atoms with E-state index in [-0.39, 0.29) is 19.1 Å². The van der Waals surface area contributed by atoms with E-state index >= 15 is 0 Å². The summed E-state index contributed by atoms with van der Waals surface area (Å²) in [7, 11) is 1.74. The van der Waals surface area contributed by atoms with Gasteiger partial charge in [0.25, 0.3) is 0 Å². The predicted molar refractivity (Wildman–Crippen MR) is 68.2 cm³/mol. The molecule has 0 heterocycles. The van der Waals surface area contributed by atoms with E-state index in [9.17, 15) is 9.59 Å². The average Bonchev–Trinajstić information content (AvgIpc) is 2.29. The zero-order valence-corrected chi connectivity index (χ0v) is 10.2. The van der Waals surface area contributed by atoms with Crippen LogP contribution in [0.15, 0.2) is 24.3 Å². The lowest BCUT2D eigenvalue weighted by molar-refractivity contribution is -0.117. The Hall–Kier alpha value is -1.92. The van der Waals surface area contributed by atoms with Gasteiger partial charge in [-0.15, -0.1) is 0 Å². The lowest BCUT2D eigenvalue weighted by atomic mass is 10.2. The van der Waals surface area contributed by atoms with Crippen molar-refractivity contribution in [2.24, 2.45) is 5.73 Å². The van der Waals surface area contributed by atoms with Gasteiger partial charge in [-0.1, -0.05) is 0 Å². The molecule has 4 N–H and O–H groups in total. The molecule has 1 rings (SSSR count). The number of nitrogens with one attached hydrogen (secondary N) is 1. The van der Waals surface area contributed by atoms with Crippen LogP contribution in [0.1, 0.15) is 10.4 Å². The van der Waals surface area contributed by atoms with E-state index in [1.165, 1.54) is 0 Å². The van der Waals surface area contributed by atoms with Crippen molar-refractivity contribution >= 4 is 17.5 Å². The van der Waals surface area contributed by atoms with Gasteiger partial charge in [-0.05, 0) is 31.3 Å². The number of aliphatic hydroxyl groups is 1. The Morgan fingerprint density at radius 3 is 2.44 bits per heavy atom. The summed E-state index contributed by atoms with van der Waals surface area (Å²) in [6, 6.07) is 6.33. The fraction of sp³-hybridized carbons (Fsp3) is 0.333. The van der Waals surface area contributed by atoms with Gasteiger partial charge < -0.3 is 16.2 Å². The van der Waals surface area contributed by atoms with Gasteiger partial charge in [0.05, 0.1) is 13.2 Å². The number of amides is 2. The number of likely N-dealkylation sites (N-methyl/N-ethyl adjacent to an activating group) is 1. The molecule has 0 aromatic heterocycles. The number of nitrogens with zero attached hydrogens (tertiary/aromatic N) is 1. The van der Waals surface area contributed by atoms with E-state index in [4.69, 9.17) is 10.8 Å². The van der Waals surface area contributed by atoms with Gasteiger partial charge in [0, 0.05) is 17.8 Å². The predicted octanol–water partition coefficient (Wildman–Crippen LogP) is -0.352. The molecule has 98 valence electrons. The van der Waals surface area contributed by atoms with Crippen LogP contribution in [0.4, 0.5) is 5.69 Å². The van der Waals surface area contributed by atoms with Gasteiger partial charge in [0.1, 0.15) is 0 Å². The molecule has 0 aliphatic rings. The Morgan fingerprint density at radius 1 is 1.33 bits per heavy atom. The zero-order chi connectivity index (χ0) is 13.5. The summed E-state index contributed by atoms with van der Waals surface area (Å²) in [4.78, 5) is 24.1. The highest BCUT2D eigenvalue weighted by atomic mass is 16.3. The SMILES string of the molecule is CN(CCO)CC(=O)Nc1ccc(C(N)=O)cc1. The lowest BCUT2D eigenvalue weighted by Gasteiger charge is -2.14.